The van der Waals surface area contributed by atoms with Crippen LogP contribution in [0.3, 0.4) is 0 Å². The number of hydrogen-bond donors (Lipinski definition) is 0. The van der Waals surface area contributed by atoms with E-state index in [4.69, 9.17) is 13.3 Å². The Morgan fingerprint density at radius 3 is 1.73 bits per heavy atom. The topological polar surface area (TPSA) is 27.7 Å². The smallest absolute Gasteiger partial charge is 0.374 e. The lowest BCUT2D eigenvalue weighted by molar-refractivity contribution is 0.0627. The van der Waals surface area contributed by atoms with Crippen LogP contribution in [0.5, 0.6) is 0 Å². The van der Waals surface area contributed by atoms with Crippen molar-refractivity contribution < 1.29 is 13.3 Å². The summed E-state index contributed by atoms with van der Waals surface area (Å²) in [7, 11) is -2.49. The summed E-state index contributed by atoms with van der Waals surface area (Å²) in [6.07, 6.45) is 2.76. The molecule has 90 valence electrons. The molecule has 1 atom stereocenters. The largest absolute Gasteiger partial charge is 0.504 e. The van der Waals surface area contributed by atoms with Gasteiger partial charge in [0.05, 0.1) is 0 Å². The van der Waals surface area contributed by atoms with E-state index in [0.717, 1.165) is 6.42 Å². The van der Waals surface area contributed by atoms with Crippen molar-refractivity contribution in [3.8, 4) is 0 Å². The second-order valence-electron chi connectivity index (χ2n) is 3.33. The van der Waals surface area contributed by atoms with Crippen LogP contribution >= 0.6 is 0 Å². The molecular formula is C11H24O3Si. The lowest BCUT2D eigenvalue weighted by Gasteiger charge is -2.32. The van der Waals surface area contributed by atoms with E-state index in [0.29, 0.717) is 19.8 Å². The van der Waals surface area contributed by atoms with Crippen molar-refractivity contribution in [3.63, 3.8) is 0 Å². The molecule has 0 N–H and O–H groups in total. The van der Waals surface area contributed by atoms with Gasteiger partial charge in [0.25, 0.3) is 0 Å². The van der Waals surface area contributed by atoms with Crippen molar-refractivity contribution >= 4 is 8.80 Å². The van der Waals surface area contributed by atoms with Gasteiger partial charge in [-0.15, -0.1) is 6.58 Å². The van der Waals surface area contributed by atoms with Crippen LogP contribution in [-0.2, 0) is 13.3 Å². The van der Waals surface area contributed by atoms with Gasteiger partial charge in [-0.1, -0.05) is 13.0 Å². The molecule has 3 nitrogen and oxygen atoms in total. The minimum atomic E-state index is -2.49. The van der Waals surface area contributed by atoms with E-state index in [1.54, 1.807) is 0 Å². The van der Waals surface area contributed by atoms with Crippen LogP contribution in [0.25, 0.3) is 0 Å². The van der Waals surface area contributed by atoms with Crippen molar-refractivity contribution in [1.29, 1.82) is 0 Å². The highest BCUT2D eigenvalue weighted by Crippen LogP contribution is 2.28. The van der Waals surface area contributed by atoms with Gasteiger partial charge in [0, 0.05) is 25.4 Å². The van der Waals surface area contributed by atoms with E-state index in [1.165, 1.54) is 0 Å². The van der Waals surface area contributed by atoms with Crippen molar-refractivity contribution in [1.82, 2.24) is 0 Å². The lowest BCUT2D eigenvalue weighted by atomic mass is 10.3. The zero-order valence-corrected chi connectivity index (χ0v) is 11.4. The Balaban J connectivity index is 4.64. The summed E-state index contributed by atoms with van der Waals surface area (Å²) in [5.74, 6) is 0. The molecule has 0 saturated carbocycles. The van der Waals surface area contributed by atoms with Gasteiger partial charge >= 0.3 is 8.80 Å². The highest BCUT2D eigenvalue weighted by molar-refractivity contribution is 6.62. The highest BCUT2D eigenvalue weighted by atomic mass is 28.4. The standard InChI is InChI=1S/C11H24O3Si/c1-6-10-11(5)15(12-7-2,13-8-3)14-9-4/h6,11H,1,7-10H2,2-5H3. The molecule has 0 fully saturated rings. The predicted octanol–water partition coefficient (Wildman–Crippen LogP) is 3.00. The van der Waals surface area contributed by atoms with Crippen molar-refractivity contribution in [3.05, 3.63) is 12.7 Å². The third-order valence-corrected chi connectivity index (χ3v) is 5.68. The number of allylic oxidation sites excluding steroid dienone is 1. The van der Waals surface area contributed by atoms with Crippen LogP contribution in [0.4, 0.5) is 0 Å². The highest BCUT2D eigenvalue weighted by Gasteiger charge is 2.45. The van der Waals surface area contributed by atoms with E-state index < -0.39 is 8.80 Å². The first-order chi connectivity index (χ1) is 7.16. The monoisotopic (exact) mass is 232 g/mol. The maximum Gasteiger partial charge on any atom is 0.504 e. The molecular weight excluding hydrogens is 208 g/mol. The van der Waals surface area contributed by atoms with Crippen LogP contribution in [0.1, 0.15) is 34.1 Å². The zero-order chi connectivity index (χ0) is 11.7. The van der Waals surface area contributed by atoms with Gasteiger partial charge in [0.1, 0.15) is 0 Å². The van der Waals surface area contributed by atoms with E-state index in [9.17, 15) is 0 Å². The third-order valence-electron chi connectivity index (χ3n) is 2.16. The summed E-state index contributed by atoms with van der Waals surface area (Å²) in [6, 6.07) is 0. The quantitative estimate of drug-likeness (QED) is 0.452. The summed E-state index contributed by atoms with van der Waals surface area (Å²) in [5.41, 5.74) is 0.273. The van der Waals surface area contributed by atoms with E-state index in [-0.39, 0.29) is 5.54 Å². The second kappa shape index (κ2) is 8.04. The summed E-state index contributed by atoms with van der Waals surface area (Å²) >= 11 is 0. The van der Waals surface area contributed by atoms with Gasteiger partial charge in [-0.2, -0.15) is 0 Å². The van der Waals surface area contributed by atoms with Crippen molar-refractivity contribution in [2.75, 3.05) is 19.8 Å². The molecule has 0 spiro atoms. The first-order valence-electron chi connectivity index (χ1n) is 5.69. The van der Waals surface area contributed by atoms with Gasteiger partial charge in [-0.05, 0) is 27.2 Å². The Morgan fingerprint density at radius 2 is 1.47 bits per heavy atom. The molecule has 15 heavy (non-hydrogen) atoms. The Hall–Kier alpha value is -0.163. The maximum atomic E-state index is 5.77. The molecule has 0 aromatic carbocycles. The zero-order valence-electron chi connectivity index (χ0n) is 10.4. The fraction of sp³-hybridized carbons (Fsp3) is 0.818. The molecule has 1 unspecified atom stereocenters. The van der Waals surface area contributed by atoms with E-state index in [2.05, 4.69) is 13.5 Å². The van der Waals surface area contributed by atoms with Crippen molar-refractivity contribution in [2.24, 2.45) is 0 Å². The third kappa shape index (κ3) is 4.47. The van der Waals surface area contributed by atoms with Gasteiger partial charge in [0.2, 0.25) is 0 Å². The molecule has 0 aliphatic rings. The maximum absolute atomic E-state index is 5.77. The molecule has 4 heteroatoms. The average molecular weight is 232 g/mol. The van der Waals surface area contributed by atoms with Gasteiger partial charge in [-0.3, -0.25) is 0 Å². The Morgan fingerprint density at radius 1 is 1.07 bits per heavy atom. The molecule has 0 saturated heterocycles. The molecule has 0 aromatic heterocycles. The first kappa shape index (κ1) is 14.8. The van der Waals surface area contributed by atoms with E-state index in [1.807, 2.05) is 26.8 Å². The number of rotatable bonds is 9. The summed E-state index contributed by atoms with van der Waals surface area (Å²) < 4.78 is 17.3. The minimum absolute atomic E-state index is 0.273. The van der Waals surface area contributed by atoms with Crippen molar-refractivity contribution in [2.45, 2.75) is 39.7 Å². The second-order valence-corrected chi connectivity index (χ2v) is 6.39. The molecule has 0 aliphatic heterocycles. The normalized spacial score (nSPS) is 13.9. The van der Waals surface area contributed by atoms with E-state index >= 15 is 0 Å². The molecule has 0 aromatic rings. The Kier molecular flexibility index (Phi) is 7.96. The minimum Gasteiger partial charge on any atom is -0.374 e. The first-order valence-corrected chi connectivity index (χ1v) is 7.49. The summed E-state index contributed by atoms with van der Waals surface area (Å²) in [6.45, 7) is 13.7. The Bertz CT molecular complexity index is 156. The van der Waals surface area contributed by atoms with Gasteiger partial charge in [-0.25, -0.2) is 0 Å². The fourth-order valence-electron chi connectivity index (χ4n) is 1.55. The predicted molar refractivity (Wildman–Crippen MR) is 64.9 cm³/mol. The SMILES string of the molecule is C=CCC(C)[Si](OCC)(OCC)OCC. The Labute approximate surface area is 94.8 Å². The van der Waals surface area contributed by atoms with Crippen LogP contribution in [-0.4, -0.2) is 28.6 Å². The van der Waals surface area contributed by atoms with Crippen LogP contribution in [0.15, 0.2) is 12.7 Å². The molecule has 0 aliphatic carbocycles. The molecule has 0 amide bonds. The lowest BCUT2D eigenvalue weighted by Crippen LogP contribution is -2.49. The van der Waals surface area contributed by atoms with Crippen LogP contribution < -0.4 is 0 Å². The molecule has 0 rings (SSSR count). The van der Waals surface area contributed by atoms with Crippen LogP contribution in [0, 0.1) is 0 Å². The molecule has 0 heterocycles. The fourth-order valence-corrected chi connectivity index (χ4v) is 4.32. The summed E-state index contributed by atoms with van der Waals surface area (Å²) in [5, 5.41) is 0. The molecule has 0 radical (unpaired) electrons. The summed E-state index contributed by atoms with van der Waals surface area (Å²) in [4.78, 5) is 0. The average Bonchev–Trinajstić information content (AvgIpc) is 2.19. The van der Waals surface area contributed by atoms with Gasteiger partial charge < -0.3 is 13.3 Å². The van der Waals surface area contributed by atoms with Gasteiger partial charge in [0.15, 0.2) is 0 Å². The molecule has 0 bridgehead atoms. The number of hydrogen-bond acceptors (Lipinski definition) is 3. The van der Waals surface area contributed by atoms with Crippen LogP contribution in [0.2, 0.25) is 5.54 Å².